The average Bonchev–Trinajstić information content (AvgIpc) is 2.19. The Labute approximate surface area is 84.1 Å². The molecule has 3 nitrogen and oxygen atoms in total. The summed E-state index contributed by atoms with van der Waals surface area (Å²) in [4.78, 5) is 0. The van der Waals surface area contributed by atoms with Crippen molar-refractivity contribution in [1.29, 1.82) is 0 Å². The van der Waals surface area contributed by atoms with Gasteiger partial charge in [0.2, 0.25) is 0 Å². The number of hydrogen-bond donors (Lipinski definition) is 0. The first-order valence-corrected chi connectivity index (χ1v) is 5.80. The zero-order chi connectivity index (χ0) is 10.6. The Balaban J connectivity index is 2.84. The van der Waals surface area contributed by atoms with E-state index in [9.17, 15) is 8.42 Å². The van der Waals surface area contributed by atoms with Crippen LogP contribution in [0, 0.1) is 0 Å². The maximum atomic E-state index is 11.1. The van der Waals surface area contributed by atoms with E-state index < -0.39 is 10.1 Å². The molecule has 0 aliphatic heterocycles. The van der Waals surface area contributed by atoms with Crippen molar-refractivity contribution >= 4 is 16.2 Å². The molecule has 1 rings (SSSR count). The number of rotatable bonds is 4. The summed E-state index contributed by atoms with van der Waals surface area (Å²) in [6.45, 7) is 5.13. The van der Waals surface area contributed by atoms with E-state index in [1.165, 1.54) is 6.92 Å². The highest BCUT2D eigenvalue weighted by Gasteiger charge is 2.08. The lowest BCUT2D eigenvalue weighted by atomic mass is 10.2. The first kappa shape index (κ1) is 10.8. The van der Waals surface area contributed by atoms with Gasteiger partial charge in [-0.25, -0.2) is 0 Å². The minimum absolute atomic E-state index is 0.0315. The van der Waals surface area contributed by atoms with E-state index in [-0.39, 0.29) is 5.75 Å². The van der Waals surface area contributed by atoms with Crippen molar-refractivity contribution in [2.45, 2.75) is 6.92 Å². The molecule has 0 N–H and O–H groups in total. The van der Waals surface area contributed by atoms with Crippen molar-refractivity contribution in [2.75, 3.05) is 5.75 Å². The van der Waals surface area contributed by atoms with Crippen LogP contribution in [0.3, 0.4) is 0 Å². The Morgan fingerprint density at radius 3 is 2.36 bits per heavy atom. The lowest BCUT2D eigenvalue weighted by Gasteiger charge is -2.04. The first-order chi connectivity index (χ1) is 6.57. The van der Waals surface area contributed by atoms with Crippen LogP contribution in [0.4, 0.5) is 0 Å². The molecule has 0 aliphatic carbocycles. The molecule has 0 fully saturated rings. The van der Waals surface area contributed by atoms with Gasteiger partial charge in [0, 0.05) is 0 Å². The van der Waals surface area contributed by atoms with E-state index in [2.05, 4.69) is 6.58 Å². The summed E-state index contributed by atoms with van der Waals surface area (Å²) < 4.78 is 26.9. The van der Waals surface area contributed by atoms with Crippen LogP contribution in [0.2, 0.25) is 0 Å². The summed E-state index contributed by atoms with van der Waals surface area (Å²) in [6.07, 6.45) is 1.68. The van der Waals surface area contributed by atoms with E-state index in [0.717, 1.165) is 5.56 Å². The van der Waals surface area contributed by atoms with Crippen molar-refractivity contribution in [3.8, 4) is 5.75 Å². The SMILES string of the molecule is C=Cc1ccc(OS(=O)(=O)CC)cc1. The molecule has 0 heterocycles. The molecule has 4 heteroatoms. The van der Waals surface area contributed by atoms with Gasteiger partial charge in [-0.15, -0.1) is 0 Å². The zero-order valence-electron chi connectivity index (χ0n) is 7.93. The van der Waals surface area contributed by atoms with Gasteiger partial charge in [0.25, 0.3) is 0 Å². The second-order valence-corrected chi connectivity index (χ2v) is 4.56. The predicted molar refractivity (Wildman–Crippen MR) is 56.6 cm³/mol. The van der Waals surface area contributed by atoms with Crippen LogP contribution in [0.15, 0.2) is 30.8 Å². The third kappa shape index (κ3) is 2.88. The van der Waals surface area contributed by atoms with Gasteiger partial charge in [-0.1, -0.05) is 24.8 Å². The number of hydrogen-bond acceptors (Lipinski definition) is 3. The lowest BCUT2D eigenvalue weighted by Crippen LogP contribution is -2.11. The highest BCUT2D eigenvalue weighted by Crippen LogP contribution is 2.14. The summed E-state index contributed by atoms with van der Waals surface area (Å²) in [5, 5.41) is 0. The number of benzene rings is 1. The Kier molecular flexibility index (Phi) is 3.30. The van der Waals surface area contributed by atoms with Crippen LogP contribution in [-0.4, -0.2) is 14.2 Å². The molecule has 0 saturated carbocycles. The molecule has 1 aromatic rings. The second kappa shape index (κ2) is 4.28. The van der Waals surface area contributed by atoms with Crippen LogP contribution >= 0.6 is 0 Å². The van der Waals surface area contributed by atoms with Crippen LogP contribution < -0.4 is 4.18 Å². The van der Waals surface area contributed by atoms with E-state index in [0.29, 0.717) is 5.75 Å². The van der Waals surface area contributed by atoms with Crippen molar-refractivity contribution < 1.29 is 12.6 Å². The Hall–Kier alpha value is -1.29. The minimum Gasteiger partial charge on any atom is -0.382 e. The van der Waals surface area contributed by atoms with Crippen molar-refractivity contribution in [3.05, 3.63) is 36.4 Å². The van der Waals surface area contributed by atoms with Gasteiger partial charge >= 0.3 is 10.1 Å². The highest BCUT2D eigenvalue weighted by molar-refractivity contribution is 7.87. The fourth-order valence-electron chi connectivity index (χ4n) is 0.865. The zero-order valence-corrected chi connectivity index (χ0v) is 8.75. The van der Waals surface area contributed by atoms with E-state index in [1.54, 1.807) is 30.3 Å². The molecule has 0 atom stereocenters. The molecule has 0 bridgehead atoms. The van der Waals surface area contributed by atoms with Gasteiger partial charge in [0.15, 0.2) is 0 Å². The maximum absolute atomic E-state index is 11.1. The van der Waals surface area contributed by atoms with E-state index in [1.807, 2.05) is 0 Å². The molecule has 0 saturated heterocycles. The molecule has 14 heavy (non-hydrogen) atoms. The fourth-order valence-corrected chi connectivity index (χ4v) is 1.39. The van der Waals surface area contributed by atoms with Crippen LogP contribution in [0.25, 0.3) is 6.08 Å². The minimum atomic E-state index is -3.42. The molecule has 0 aliphatic rings. The monoisotopic (exact) mass is 212 g/mol. The highest BCUT2D eigenvalue weighted by atomic mass is 32.2. The predicted octanol–water partition coefficient (Wildman–Crippen LogP) is 2.06. The molecule has 0 aromatic heterocycles. The molecule has 76 valence electrons. The lowest BCUT2D eigenvalue weighted by molar-refractivity contribution is 0.487. The summed E-state index contributed by atoms with van der Waals surface area (Å²) in [7, 11) is -3.42. The Bertz CT molecular complexity index is 403. The van der Waals surface area contributed by atoms with Gasteiger partial charge in [-0.2, -0.15) is 8.42 Å². The molecule has 1 aromatic carbocycles. The van der Waals surface area contributed by atoms with E-state index >= 15 is 0 Å². The van der Waals surface area contributed by atoms with Gasteiger partial charge in [-0.05, 0) is 24.6 Å². The van der Waals surface area contributed by atoms with Gasteiger partial charge in [-0.3, -0.25) is 0 Å². The van der Waals surface area contributed by atoms with Crippen molar-refractivity contribution in [1.82, 2.24) is 0 Å². The third-order valence-electron chi connectivity index (χ3n) is 1.69. The normalized spacial score (nSPS) is 10.9. The summed E-state index contributed by atoms with van der Waals surface area (Å²) in [5.74, 6) is 0.299. The van der Waals surface area contributed by atoms with Crippen LogP contribution in [-0.2, 0) is 10.1 Å². The summed E-state index contributed by atoms with van der Waals surface area (Å²) in [6, 6.07) is 6.69. The largest absolute Gasteiger partial charge is 0.382 e. The maximum Gasteiger partial charge on any atom is 0.308 e. The van der Waals surface area contributed by atoms with Crippen LogP contribution in [0.1, 0.15) is 12.5 Å². The van der Waals surface area contributed by atoms with Gasteiger partial charge in [0.1, 0.15) is 5.75 Å². The first-order valence-electron chi connectivity index (χ1n) is 4.22. The molecule has 0 spiro atoms. The van der Waals surface area contributed by atoms with E-state index in [4.69, 9.17) is 4.18 Å². The second-order valence-electron chi connectivity index (χ2n) is 2.70. The van der Waals surface area contributed by atoms with Gasteiger partial charge in [0.05, 0.1) is 5.75 Å². The average molecular weight is 212 g/mol. The molecular formula is C10H12O3S. The summed E-state index contributed by atoms with van der Waals surface area (Å²) >= 11 is 0. The van der Waals surface area contributed by atoms with Crippen molar-refractivity contribution in [3.63, 3.8) is 0 Å². The topological polar surface area (TPSA) is 43.4 Å². The third-order valence-corrected chi connectivity index (χ3v) is 2.85. The standard InChI is InChI=1S/C10H12O3S/c1-3-9-5-7-10(8-6-9)13-14(11,12)4-2/h3,5-8H,1,4H2,2H3. The summed E-state index contributed by atoms with van der Waals surface area (Å²) in [5.41, 5.74) is 0.922. The Morgan fingerprint density at radius 1 is 1.36 bits per heavy atom. The quantitative estimate of drug-likeness (QED) is 0.717. The molecular weight excluding hydrogens is 200 g/mol. The Morgan fingerprint density at radius 2 is 1.93 bits per heavy atom. The smallest absolute Gasteiger partial charge is 0.308 e. The van der Waals surface area contributed by atoms with Gasteiger partial charge < -0.3 is 4.18 Å². The fraction of sp³-hybridized carbons (Fsp3) is 0.200. The molecule has 0 amide bonds. The van der Waals surface area contributed by atoms with Crippen LogP contribution in [0.5, 0.6) is 5.75 Å². The van der Waals surface area contributed by atoms with Crippen molar-refractivity contribution in [2.24, 2.45) is 0 Å². The molecule has 0 unspecified atom stereocenters. The molecule has 0 radical (unpaired) electrons.